The monoisotopic (exact) mass is 195 g/mol. The molecule has 2 bridgehead atoms. The Balaban J connectivity index is 1.79. The van der Waals surface area contributed by atoms with Crippen molar-refractivity contribution in [3.05, 3.63) is 0 Å². The average Bonchev–Trinajstić information content (AvgIpc) is 2.62. The number of fused-ring (bicyclic) bond motifs is 2. The Morgan fingerprint density at radius 2 is 2.14 bits per heavy atom. The van der Waals surface area contributed by atoms with Crippen molar-refractivity contribution in [2.75, 3.05) is 13.1 Å². The van der Waals surface area contributed by atoms with Gasteiger partial charge in [0.15, 0.2) is 0 Å². The van der Waals surface area contributed by atoms with Gasteiger partial charge in [0, 0.05) is 6.54 Å². The van der Waals surface area contributed by atoms with Crippen molar-refractivity contribution < 1.29 is 0 Å². The second kappa shape index (κ2) is 3.84. The van der Waals surface area contributed by atoms with Crippen molar-refractivity contribution in [3.63, 3.8) is 0 Å². The van der Waals surface area contributed by atoms with E-state index in [1.54, 1.807) is 0 Å². The summed E-state index contributed by atoms with van der Waals surface area (Å²) in [6, 6.07) is 0. The van der Waals surface area contributed by atoms with E-state index >= 15 is 0 Å². The molecule has 0 heterocycles. The highest BCUT2D eigenvalue weighted by Gasteiger charge is 2.47. The average molecular weight is 195 g/mol. The molecule has 0 aromatic carbocycles. The molecule has 14 heavy (non-hydrogen) atoms. The van der Waals surface area contributed by atoms with Gasteiger partial charge in [-0.25, -0.2) is 0 Å². The smallest absolute Gasteiger partial charge is 0.000803 e. The second-order valence-corrected chi connectivity index (χ2v) is 6.26. The van der Waals surface area contributed by atoms with Crippen LogP contribution >= 0.6 is 0 Å². The molecule has 1 heteroatoms. The van der Waals surface area contributed by atoms with Crippen LogP contribution < -0.4 is 5.32 Å². The zero-order valence-corrected chi connectivity index (χ0v) is 9.97. The molecule has 0 aromatic rings. The van der Waals surface area contributed by atoms with Gasteiger partial charge in [-0.2, -0.15) is 0 Å². The predicted molar refractivity (Wildman–Crippen MR) is 61.3 cm³/mol. The lowest BCUT2D eigenvalue weighted by atomic mass is 9.75. The lowest BCUT2D eigenvalue weighted by Crippen LogP contribution is -2.37. The molecule has 0 amide bonds. The van der Waals surface area contributed by atoms with Crippen LogP contribution in [0.3, 0.4) is 0 Å². The number of nitrogens with one attached hydrogen (secondary N) is 1. The third-order valence-electron chi connectivity index (χ3n) is 4.36. The van der Waals surface area contributed by atoms with Crippen LogP contribution in [0.15, 0.2) is 0 Å². The second-order valence-electron chi connectivity index (χ2n) is 6.26. The molecule has 0 spiro atoms. The molecule has 3 unspecified atom stereocenters. The normalized spacial score (nSPS) is 41.1. The summed E-state index contributed by atoms with van der Waals surface area (Å²) in [5.74, 6) is 2.90. The van der Waals surface area contributed by atoms with Gasteiger partial charge in [0.1, 0.15) is 0 Å². The van der Waals surface area contributed by atoms with E-state index in [1.807, 2.05) is 0 Å². The van der Waals surface area contributed by atoms with E-state index in [-0.39, 0.29) is 0 Å². The maximum Gasteiger partial charge on any atom is 0.000803 e. The van der Waals surface area contributed by atoms with Crippen molar-refractivity contribution in [1.82, 2.24) is 5.32 Å². The van der Waals surface area contributed by atoms with Gasteiger partial charge in [0.05, 0.1) is 0 Å². The highest BCUT2D eigenvalue weighted by molar-refractivity contribution is 4.98. The predicted octanol–water partition coefficient (Wildman–Crippen LogP) is 3.06. The van der Waals surface area contributed by atoms with E-state index in [1.165, 1.54) is 38.8 Å². The Morgan fingerprint density at radius 1 is 1.36 bits per heavy atom. The fraction of sp³-hybridized carbons (Fsp3) is 1.00. The summed E-state index contributed by atoms with van der Waals surface area (Å²) >= 11 is 0. The minimum Gasteiger partial charge on any atom is -0.316 e. The molecular weight excluding hydrogens is 170 g/mol. The number of rotatable bonds is 4. The van der Waals surface area contributed by atoms with Gasteiger partial charge in [0.25, 0.3) is 0 Å². The summed E-state index contributed by atoms with van der Waals surface area (Å²) in [4.78, 5) is 0. The summed E-state index contributed by atoms with van der Waals surface area (Å²) in [5, 5.41) is 3.65. The van der Waals surface area contributed by atoms with Crippen LogP contribution in [0.5, 0.6) is 0 Å². The third kappa shape index (κ3) is 1.98. The topological polar surface area (TPSA) is 12.0 Å². The Labute approximate surface area is 88.7 Å². The van der Waals surface area contributed by atoms with Crippen molar-refractivity contribution in [2.45, 2.75) is 46.5 Å². The third-order valence-corrected chi connectivity index (χ3v) is 4.36. The first-order valence-electron chi connectivity index (χ1n) is 6.31. The molecule has 2 aliphatic rings. The molecule has 0 saturated heterocycles. The fourth-order valence-corrected chi connectivity index (χ4v) is 3.58. The van der Waals surface area contributed by atoms with Crippen molar-refractivity contribution in [3.8, 4) is 0 Å². The number of hydrogen-bond acceptors (Lipinski definition) is 1. The van der Waals surface area contributed by atoms with Crippen LogP contribution in [0.4, 0.5) is 0 Å². The zero-order valence-electron chi connectivity index (χ0n) is 9.97. The summed E-state index contributed by atoms with van der Waals surface area (Å²) in [6.07, 6.45) is 6.04. The largest absolute Gasteiger partial charge is 0.316 e. The quantitative estimate of drug-likeness (QED) is 0.727. The molecule has 2 rings (SSSR count). The zero-order chi connectivity index (χ0) is 10.2. The van der Waals surface area contributed by atoms with E-state index in [4.69, 9.17) is 0 Å². The Kier molecular flexibility index (Phi) is 2.88. The van der Waals surface area contributed by atoms with E-state index in [0.29, 0.717) is 5.41 Å². The Morgan fingerprint density at radius 3 is 2.64 bits per heavy atom. The van der Waals surface area contributed by atoms with Gasteiger partial charge < -0.3 is 5.32 Å². The van der Waals surface area contributed by atoms with Crippen LogP contribution in [0, 0.1) is 23.2 Å². The molecule has 2 saturated carbocycles. The lowest BCUT2D eigenvalue weighted by molar-refractivity contribution is 0.181. The van der Waals surface area contributed by atoms with E-state index in [2.05, 4.69) is 26.1 Å². The highest BCUT2D eigenvalue weighted by atomic mass is 14.9. The summed E-state index contributed by atoms with van der Waals surface area (Å²) in [7, 11) is 0. The van der Waals surface area contributed by atoms with Crippen molar-refractivity contribution in [1.29, 1.82) is 0 Å². The molecule has 2 aliphatic carbocycles. The lowest BCUT2D eigenvalue weighted by Gasteiger charge is -2.34. The summed E-state index contributed by atoms with van der Waals surface area (Å²) in [5.41, 5.74) is 0.637. The maximum absolute atomic E-state index is 3.65. The van der Waals surface area contributed by atoms with Crippen molar-refractivity contribution >= 4 is 0 Å². The van der Waals surface area contributed by atoms with Gasteiger partial charge in [-0.05, 0) is 49.0 Å². The van der Waals surface area contributed by atoms with Crippen LogP contribution in [0.2, 0.25) is 0 Å². The maximum atomic E-state index is 3.65. The molecule has 82 valence electrons. The van der Waals surface area contributed by atoms with Crippen LogP contribution in [0.25, 0.3) is 0 Å². The van der Waals surface area contributed by atoms with Gasteiger partial charge in [0.2, 0.25) is 0 Å². The minimum atomic E-state index is 0.637. The summed E-state index contributed by atoms with van der Waals surface area (Å²) in [6.45, 7) is 9.52. The molecule has 0 radical (unpaired) electrons. The Hall–Kier alpha value is -0.0400. The fourth-order valence-electron chi connectivity index (χ4n) is 3.58. The van der Waals surface area contributed by atoms with Crippen LogP contribution in [0.1, 0.15) is 46.5 Å². The molecular formula is C13H25N. The van der Waals surface area contributed by atoms with Gasteiger partial charge in [-0.1, -0.05) is 27.2 Å². The van der Waals surface area contributed by atoms with Crippen LogP contribution in [-0.4, -0.2) is 13.1 Å². The first-order valence-corrected chi connectivity index (χ1v) is 6.31. The minimum absolute atomic E-state index is 0.637. The molecule has 0 aliphatic heterocycles. The van der Waals surface area contributed by atoms with Gasteiger partial charge in [-0.15, -0.1) is 0 Å². The molecule has 0 aromatic heterocycles. The van der Waals surface area contributed by atoms with Crippen molar-refractivity contribution in [2.24, 2.45) is 23.2 Å². The Bertz CT molecular complexity index is 199. The highest BCUT2D eigenvalue weighted by Crippen LogP contribution is 2.55. The van der Waals surface area contributed by atoms with Crippen LogP contribution in [-0.2, 0) is 0 Å². The molecule has 1 nitrogen and oxygen atoms in total. The van der Waals surface area contributed by atoms with E-state index in [0.717, 1.165) is 17.8 Å². The van der Waals surface area contributed by atoms with Gasteiger partial charge in [-0.3, -0.25) is 0 Å². The molecule has 1 N–H and O–H groups in total. The van der Waals surface area contributed by atoms with E-state index in [9.17, 15) is 0 Å². The van der Waals surface area contributed by atoms with E-state index < -0.39 is 0 Å². The molecule has 3 atom stereocenters. The SMILES string of the molecule is CC(C)CNCC1(C)CC2CCC1C2. The number of hydrogen-bond donors (Lipinski definition) is 1. The molecule has 2 fully saturated rings. The first kappa shape index (κ1) is 10.5. The summed E-state index contributed by atoms with van der Waals surface area (Å²) < 4.78 is 0. The van der Waals surface area contributed by atoms with Gasteiger partial charge >= 0.3 is 0 Å². The standard InChI is InChI=1S/C13H25N/c1-10(2)8-14-9-13(3)7-11-4-5-12(13)6-11/h10-12,14H,4-9H2,1-3H3. The first-order chi connectivity index (χ1) is 6.60.